The molecule has 0 spiro atoms. The number of nitrogen functional groups attached to an aromatic ring is 1. The van der Waals surface area contributed by atoms with Crippen molar-refractivity contribution in [2.75, 3.05) is 18.9 Å². The van der Waals surface area contributed by atoms with Gasteiger partial charge in [0.2, 0.25) is 0 Å². The molecule has 7 nitrogen and oxygen atoms in total. The fourth-order valence-electron chi connectivity index (χ4n) is 1.63. The summed E-state index contributed by atoms with van der Waals surface area (Å²) in [5.74, 6) is 0.345. The van der Waals surface area contributed by atoms with Gasteiger partial charge in [-0.05, 0) is 18.6 Å². The minimum absolute atomic E-state index is 0.0441. The summed E-state index contributed by atoms with van der Waals surface area (Å²) < 4.78 is 7.05. The molecule has 1 aromatic carbocycles. The van der Waals surface area contributed by atoms with Crippen LogP contribution in [0.3, 0.4) is 0 Å². The van der Waals surface area contributed by atoms with Crippen LogP contribution in [0.4, 0.5) is 5.69 Å². The van der Waals surface area contributed by atoms with Crippen LogP contribution in [-0.2, 0) is 11.3 Å². The summed E-state index contributed by atoms with van der Waals surface area (Å²) in [6, 6.07) is 7.08. The molecule has 0 saturated carbocycles. The molecule has 0 aliphatic carbocycles. The first kappa shape index (κ1) is 13.9. The topological polar surface area (TPSA) is 95.1 Å². The molecule has 1 heterocycles. The molecule has 7 heteroatoms. The van der Waals surface area contributed by atoms with Crippen LogP contribution in [0.5, 0.6) is 5.75 Å². The zero-order chi connectivity index (χ0) is 14.2. The molecular weight excluding hydrogens is 258 g/mol. The summed E-state index contributed by atoms with van der Waals surface area (Å²) in [7, 11) is 0. The maximum Gasteiger partial charge on any atom is 0.257 e. The van der Waals surface area contributed by atoms with E-state index < -0.39 is 0 Å². The van der Waals surface area contributed by atoms with Gasteiger partial charge in [0.05, 0.1) is 11.9 Å². The third kappa shape index (κ3) is 4.27. The van der Waals surface area contributed by atoms with E-state index in [-0.39, 0.29) is 12.5 Å². The summed E-state index contributed by atoms with van der Waals surface area (Å²) in [6.45, 7) is 1.23. The minimum Gasteiger partial charge on any atom is -0.482 e. The van der Waals surface area contributed by atoms with Crippen molar-refractivity contribution in [1.82, 2.24) is 20.3 Å². The van der Waals surface area contributed by atoms with Gasteiger partial charge in [0.25, 0.3) is 5.91 Å². The predicted octanol–water partition coefficient (Wildman–Crippen LogP) is 0.446. The highest BCUT2D eigenvalue weighted by Crippen LogP contribution is 2.19. The Hall–Kier alpha value is -2.57. The monoisotopic (exact) mass is 275 g/mol. The average molecular weight is 275 g/mol. The van der Waals surface area contributed by atoms with Crippen molar-refractivity contribution in [2.24, 2.45) is 0 Å². The molecule has 2 rings (SSSR count). The third-order valence-corrected chi connectivity index (χ3v) is 2.64. The van der Waals surface area contributed by atoms with Gasteiger partial charge in [-0.2, -0.15) is 0 Å². The molecule has 2 aromatic rings. The van der Waals surface area contributed by atoms with Crippen LogP contribution in [0, 0.1) is 0 Å². The van der Waals surface area contributed by atoms with Crippen molar-refractivity contribution in [2.45, 2.75) is 13.0 Å². The zero-order valence-electron chi connectivity index (χ0n) is 11.0. The van der Waals surface area contributed by atoms with Crippen molar-refractivity contribution in [3.05, 3.63) is 36.7 Å². The molecule has 3 N–H and O–H groups in total. The number of hydrogen-bond donors (Lipinski definition) is 2. The van der Waals surface area contributed by atoms with E-state index >= 15 is 0 Å². The molecule has 1 amide bonds. The van der Waals surface area contributed by atoms with Gasteiger partial charge in [0, 0.05) is 19.3 Å². The predicted molar refractivity (Wildman–Crippen MR) is 74.0 cm³/mol. The van der Waals surface area contributed by atoms with E-state index in [1.54, 1.807) is 29.2 Å². The second-order valence-corrected chi connectivity index (χ2v) is 4.20. The Morgan fingerprint density at radius 1 is 1.40 bits per heavy atom. The maximum absolute atomic E-state index is 11.6. The third-order valence-electron chi connectivity index (χ3n) is 2.64. The molecule has 0 aliphatic heterocycles. The fourth-order valence-corrected chi connectivity index (χ4v) is 1.63. The number of hydrogen-bond acceptors (Lipinski definition) is 5. The van der Waals surface area contributed by atoms with Crippen LogP contribution >= 0.6 is 0 Å². The lowest BCUT2D eigenvalue weighted by Crippen LogP contribution is -2.30. The van der Waals surface area contributed by atoms with Crippen molar-refractivity contribution < 1.29 is 9.53 Å². The summed E-state index contributed by atoms with van der Waals surface area (Å²) in [5.41, 5.74) is 6.23. The van der Waals surface area contributed by atoms with E-state index in [2.05, 4.69) is 15.6 Å². The lowest BCUT2D eigenvalue weighted by Gasteiger charge is -2.09. The zero-order valence-corrected chi connectivity index (χ0v) is 11.0. The number of nitrogens with one attached hydrogen (secondary N) is 1. The summed E-state index contributed by atoms with van der Waals surface area (Å²) in [5, 5.41) is 10.3. The number of aromatic nitrogens is 3. The molecular formula is C13H17N5O2. The second kappa shape index (κ2) is 7.13. The van der Waals surface area contributed by atoms with E-state index in [9.17, 15) is 4.79 Å². The highest BCUT2D eigenvalue weighted by molar-refractivity contribution is 5.77. The Morgan fingerprint density at radius 2 is 2.25 bits per heavy atom. The van der Waals surface area contributed by atoms with Crippen LogP contribution in [0.15, 0.2) is 36.7 Å². The molecule has 0 aliphatic rings. The van der Waals surface area contributed by atoms with Crippen LogP contribution < -0.4 is 15.8 Å². The van der Waals surface area contributed by atoms with Crippen molar-refractivity contribution >= 4 is 11.6 Å². The second-order valence-electron chi connectivity index (χ2n) is 4.20. The Balaban J connectivity index is 1.62. The highest BCUT2D eigenvalue weighted by atomic mass is 16.5. The van der Waals surface area contributed by atoms with E-state index in [1.165, 1.54) is 0 Å². The quantitative estimate of drug-likeness (QED) is 0.565. The SMILES string of the molecule is Nc1ccccc1OCC(=O)NCCCn1ccnn1. The van der Waals surface area contributed by atoms with Crippen LogP contribution in [0.25, 0.3) is 0 Å². The number of nitrogens with zero attached hydrogens (tertiary/aromatic N) is 3. The Kier molecular flexibility index (Phi) is 4.94. The molecule has 20 heavy (non-hydrogen) atoms. The van der Waals surface area contributed by atoms with E-state index in [0.717, 1.165) is 6.42 Å². The maximum atomic E-state index is 11.6. The van der Waals surface area contributed by atoms with Gasteiger partial charge >= 0.3 is 0 Å². The van der Waals surface area contributed by atoms with E-state index in [4.69, 9.17) is 10.5 Å². The van der Waals surface area contributed by atoms with Crippen LogP contribution in [0.2, 0.25) is 0 Å². The summed E-state index contributed by atoms with van der Waals surface area (Å²) >= 11 is 0. The van der Waals surface area contributed by atoms with Gasteiger partial charge in [-0.25, -0.2) is 0 Å². The number of carbonyl (C=O) groups is 1. The van der Waals surface area contributed by atoms with Gasteiger partial charge in [0.1, 0.15) is 5.75 Å². The smallest absolute Gasteiger partial charge is 0.257 e. The van der Waals surface area contributed by atoms with Gasteiger partial charge < -0.3 is 15.8 Å². The Labute approximate surface area is 116 Å². The van der Waals surface area contributed by atoms with Gasteiger partial charge in [0.15, 0.2) is 6.61 Å². The highest BCUT2D eigenvalue weighted by Gasteiger charge is 2.04. The fraction of sp³-hybridized carbons (Fsp3) is 0.308. The molecule has 0 atom stereocenters. The number of benzene rings is 1. The summed E-state index contributed by atoms with van der Waals surface area (Å²) in [4.78, 5) is 11.6. The first-order valence-electron chi connectivity index (χ1n) is 6.34. The molecule has 0 radical (unpaired) electrons. The number of para-hydroxylation sites is 2. The first-order chi connectivity index (χ1) is 9.75. The first-order valence-corrected chi connectivity index (χ1v) is 6.34. The largest absolute Gasteiger partial charge is 0.482 e. The number of anilines is 1. The lowest BCUT2D eigenvalue weighted by atomic mass is 10.3. The van der Waals surface area contributed by atoms with Crippen molar-refractivity contribution in [1.29, 1.82) is 0 Å². The Morgan fingerprint density at radius 3 is 3.00 bits per heavy atom. The lowest BCUT2D eigenvalue weighted by molar-refractivity contribution is -0.123. The number of amides is 1. The number of rotatable bonds is 7. The van der Waals surface area contributed by atoms with Crippen LogP contribution in [-0.4, -0.2) is 34.1 Å². The molecule has 1 aromatic heterocycles. The van der Waals surface area contributed by atoms with E-state index in [1.807, 2.05) is 12.1 Å². The van der Waals surface area contributed by atoms with Crippen molar-refractivity contribution in [3.63, 3.8) is 0 Å². The number of ether oxygens (including phenoxy) is 1. The summed E-state index contributed by atoms with van der Waals surface area (Å²) in [6.07, 6.45) is 4.18. The normalized spacial score (nSPS) is 10.2. The van der Waals surface area contributed by atoms with Gasteiger partial charge in [-0.3, -0.25) is 9.48 Å². The number of nitrogens with two attached hydrogens (primary N) is 1. The molecule has 106 valence electrons. The Bertz CT molecular complexity index is 541. The minimum atomic E-state index is -0.174. The van der Waals surface area contributed by atoms with Gasteiger partial charge in [-0.15, -0.1) is 5.10 Å². The van der Waals surface area contributed by atoms with Crippen LogP contribution in [0.1, 0.15) is 6.42 Å². The standard InChI is InChI=1S/C13H17N5O2/c14-11-4-1-2-5-12(11)20-10-13(19)15-6-3-8-18-9-7-16-17-18/h1-2,4-5,7,9H,3,6,8,10,14H2,(H,15,19). The molecule has 0 unspecified atom stereocenters. The number of aryl methyl sites for hydroxylation is 1. The molecule has 0 fully saturated rings. The average Bonchev–Trinajstić information content (AvgIpc) is 2.96. The van der Waals surface area contributed by atoms with Gasteiger partial charge in [-0.1, -0.05) is 17.3 Å². The van der Waals surface area contributed by atoms with Crippen molar-refractivity contribution in [3.8, 4) is 5.75 Å². The molecule has 0 bridgehead atoms. The number of carbonyl (C=O) groups excluding carboxylic acids is 1. The molecule has 0 saturated heterocycles. The van der Waals surface area contributed by atoms with E-state index in [0.29, 0.717) is 24.5 Å².